The van der Waals surface area contributed by atoms with Gasteiger partial charge in [0, 0.05) is 13.1 Å². The molecule has 0 spiro atoms. The second kappa shape index (κ2) is 6.44. The summed E-state index contributed by atoms with van der Waals surface area (Å²) in [6.07, 6.45) is 2.96. The Kier molecular flexibility index (Phi) is 4.19. The zero-order valence-corrected chi connectivity index (χ0v) is 12.7. The number of carbonyl (C=O) groups excluding carboxylic acids is 1. The van der Waals surface area contributed by atoms with Crippen LogP contribution in [0.3, 0.4) is 0 Å². The predicted octanol–water partition coefficient (Wildman–Crippen LogP) is 3.04. The minimum absolute atomic E-state index is 0.249. The molecule has 0 aliphatic carbocycles. The molecule has 0 radical (unpaired) electrons. The molecule has 23 heavy (non-hydrogen) atoms. The number of benzene rings is 2. The number of carbonyl (C=O) groups is 1. The highest BCUT2D eigenvalue weighted by molar-refractivity contribution is 5.91. The Hall–Kier alpha value is -2.95. The van der Waals surface area contributed by atoms with E-state index in [9.17, 15) is 9.18 Å². The average molecular weight is 309 g/mol. The lowest BCUT2D eigenvalue weighted by molar-refractivity contribution is -0.116. The highest BCUT2D eigenvalue weighted by Crippen LogP contribution is 2.13. The number of halogens is 1. The average Bonchev–Trinajstić information content (AvgIpc) is 2.88. The number of hydrogen-bond acceptors (Lipinski definition) is 2. The van der Waals surface area contributed by atoms with E-state index in [-0.39, 0.29) is 11.7 Å². The molecule has 3 rings (SSSR count). The lowest BCUT2D eigenvalue weighted by Crippen LogP contribution is -2.22. The van der Waals surface area contributed by atoms with Crippen molar-refractivity contribution in [2.75, 3.05) is 0 Å². The molecule has 1 aromatic heterocycles. The third-order valence-corrected chi connectivity index (χ3v) is 3.58. The largest absolute Gasteiger partial charge is 0.345 e. The Morgan fingerprint density at radius 2 is 2.09 bits per heavy atom. The van der Waals surface area contributed by atoms with E-state index in [0.29, 0.717) is 12.1 Å². The van der Waals surface area contributed by atoms with Gasteiger partial charge in [-0.3, -0.25) is 4.79 Å². The van der Waals surface area contributed by atoms with Crippen LogP contribution >= 0.6 is 0 Å². The van der Waals surface area contributed by atoms with Crippen molar-refractivity contribution in [3.8, 4) is 0 Å². The SMILES string of the molecule is Cn1c(CNC(=O)/C=C/c2cccc(F)c2)nc2ccccc21. The van der Waals surface area contributed by atoms with Crippen molar-refractivity contribution in [1.29, 1.82) is 0 Å². The maximum atomic E-state index is 13.1. The van der Waals surface area contributed by atoms with Crippen LogP contribution in [0.2, 0.25) is 0 Å². The Morgan fingerprint density at radius 1 is 1.26 bits per heavy atom. The summed E-state index contributed by atoms with van der Waals surface area (Å²) in [5.74, 6) is 0.201. The molecule has 0 saturated heterocycles. The van der Waals surface area contributed by atoms with Crippen LogP contribution in [0.15, 0.2) is 54.6 Å². The van der Waals surface area contributed by atoms with Crippen LogP contribution in [-0.4, -0.2) is 15.5 Å². The molecule has 0 aliphatic heterocycles. The molecule has 3 aromatic rings. The predicted molar refractivity (Wildman–Crippen MR) is 88.0 cm³/mol. The molecule has 5 heteroatoms. The Labute approximate surface area is 133 Å². The van der Waals surface area contributed by atoms with E-state index >= 15 is 0 Å². The first kappa shape index (κ1) is 15.0. The molecule has 1 heterocycles. The summed E-state index contributed by atoms with van der Waals surface area (Å²) >= 11 is 0. The van der Waals surface area contributed by atoms with E-state index < -0.39 is 0 Å². The van der Waals surface area contributed by atoms with E-state index in [1.54, 1.807) is 18.2 Å². The van der Waals surface area contributed by atoms with Gasteiger partial charge in [-0.25, -0.2) is 9.37 Å². The summed E-state index contributed by atoms with van der Waals surface area (Å²) in [6.45, 7) is 0.331. The number of amides is 1. The summed E-state index contributed by atoms with van der Waals surface area (Å²) in [5, 5.41) is 2.78. The van der Waals surface area contributed by atoms with Crippen molar-refractivity contribution < 1.29 is 9.18 Å². The van der Waals surface area contributed by atoms with Crippen LogP contribution in [-0.2, 0) is 18.4 Å². The van der Waals surface area contributed by atoms with Crippen LogP contribution in [0.4, 0.5) is 4.39 Å². The first-order valence-corrected chi connectivity index (χ1v) is 7.25. The van der Waals surface area contributed by atoms with Crippen molar-refractivity contribution >= 4 is 23.0 Å². The van der Waals surface area contributed by atoms with Crippen LogP contribution < -0.4 is 5.32 Å². The fourth-order valence-corrected chi connectivity index (χ4v) is 2.36. The summed E-state index contributed by atoms with van der Waals surface area (Å²) in [7, 11) is 1.92. The molecule has 2 aromatic carbocycles. The fourth-order valence-electron chi connectivity index (χ4n) is 2.36. The summed E-state index contributed by atoms with van der Waals surface area (Å²) in [5.41, 5.74) is 2.56. The van der Waals surface area contributed by atoms with Gasteiger partial charge in [0.05, 0.1) is 17.6 Å². The van der Waals surface area contributed by atoms with Crippen molar-refractivity contribution in [2.24, 2.45) is 7.05 Å². The number of rotatable bonds is 4. The van der Waals surface area contributed by atoms with E-state index in [0.717, 1.165) is 16.9 Å². The van der Waals surface area contributed by atoms with Gasteiger partial charge in [0.2, 0.25) is 5.91 Å². The van der Waals surface area contributed by atoms with E-state index in [1.807, 2.05) is 35.9 Å². The van der Waals surface area contributed by atoms with Gasteiger partial charge in [-0.2, -0.15) is 0 Å². The molecule has 116 valence electrons. The highest BCUT2D eigenvalue weighted by atomic mass is 19.1. The standard InChI is InChI=1S/C18H16FN3O/c1-22-16-8-3-2-7-15(16)21-17(22)12-20-18(23)10-9-13-5-4-6-14(19)11-13/h2-11H,12H2,1H3,(H,20,23)/b10-9+. The molecule has 0 bridgehead atoms. The number of nitrogens with zero attached hydrogens (tertiary/aromatic N) is 2. The molecular weight excluding hydrogens is 293 g/mol. The number of nitrogens with one attached hydrogen (secondary N) is 1. The molecule has 0 fully saturated rings. The Morgan fingerprint density at radius 3 is 2.87 bits per heavy atom. The van der Waals surface area contributed by atoms with Gasteiger partial charge < -0.3 is 9.88 Å². The highest BCUT2D eigenvalue weighted by Gasteiger charge is 2.07. The number of aryl methyl sites for hydroxylation is 1. The van der Waals surface area contributed by atoms with E-state index in [4.69, 9.17) is 0 Å². The Balaban J connectivity index is 1.65. The van der Waals surface area contributed by atoms with Crippen LogP contribution in [0.25, 0.3) is 17.1 Å². The molecular formula is C18H16FN3O. The quantitative estimate of drug-likeness (QED) is 0.753. The lowest BCUT2D eigenvalue weighted by atomic mass is 10.2. The zero-order chi connectivity index (χ0) is 16.2. The van der Waals surface area contributed by atoms with Gasteiger partial charge in [-0.05, 0) is 35.9 Å². The van der Waals surface area contributed by atoms with Crippen LogP contribution in [0.5, 0.6) is 0 Å². The second-order valence-electron chi connectivity index (χ2n) is 5.18. The molecule has 4 nitrogen and oxygen atoms in total. The van der Waals surface area contributed by atoms with Gasteiger partial charge in [0.25, 0.3) is 0 Å². The zero-order valence-electron chi connectivity index (χ0n) is 12.7. The van der Waals surface area contributed by atoms with Gasteiger partial charge in [0.1, 0.15) is 11.6 Å². The number of para-hydroxylation sites is 2. The van der Waals surface area contributed by atoms with E-state index in [2.05, 4.69) is 10.3 Å². The van der Waals surface area contributed by atoms with Crippen LogP contribution in [0.1, 0.15) is 11.4 Å². The van der Waals surface area contributed by atoms with Crippen LogP contribution in [0, 0.1) is 5.82 Å². The summed E-state index contributed by atoms with van der Waals surface area (Å²) < 4.78 is 15.0. The minimum Gasteiger partial charge on any atom is -0.345 e. The summed E-state index contributed by atoms with van der Waals surface area (Å²) in [6, 6.07) is 13.9. The molecule has 1 amide bonds. The Bertz CT molecular complexity index is 883. The molecule has 0 atom stereocenters. The maximum Gasteiger partial charge on any atom is 0.244 e. The first-order valence-electron chi connectivity index (χ1n) is 7.25. The van der Waals surface area contributed by atoms with Gasteiger partial charge in [-0.15, -0.1) is 0 Å². The normalized spacial score (nSPS) is 11.2. The number of aromatic nitrogens is 2. The second-order valence-corrected chi connectivity index (χ2v) is 5.18. The maximum absolute atomic E-state index is 13.1. The number of imidazole rings is 1. The first-order chi connectivity index (χ1) is 11.1. The lowest BCUT2D eigenvalue weighted by Gasteiger charge is -2.03. The third-order valence-electron chi connectivity index (χ3n) is 3.58. The van der Waals surface area contributed by atoms with Crippen molar-refractivity contribution in [2.45, 2.75) is 6.54 Å². The number of hydrogen-bond donors (Lipinski definition) is 1. The topological polar surface area (TPSA) is 46.9 Å². The van der Waals surface area contributed by atoms with Gasteiger partial charge in [0.15, 0.2) is 0 Å². The van der Waals surface area contributed by atoms with Crippen molar-refractivity contribution in [1.82, 2.24) is 14.9 Å². The summed E-state index contributed by atoms with van der Waals surface area (Å²) in [4.78, 5) is 16.4. The monoisotopic (exact) mass is 309 g/mol. The fraction of sp³-hybridized carbons (Fsp3) is 0.111. The minimum atomic E-state index is -0.327. The van der Waals surface area contributed by atoms with Crippen molar-refractivity contribution in [3.05, 3.63) is 71.8 Å². The van der Waals surface area contributed by atoms with E-state index in [1.165, 1.54) is 18.2 Å². The van der Waals surface area contributed by atoms with Crippen molar-refractivity contribution in [3.63, 3.8) is 0 Å². The molecule has 0 saturated carbocycles. The third kappa shape index (κ3) is 3.45. The molecule has 0 unspecified atom stereocenters. The number of fused-ring (bicyclic) bond motifs is 1. The molecule has 1 N–H and O–H groups in total. The molecule has 0 aliphatic rings. The van der Waals surface area contributed by atoms with Gasteiger partial charge in [-0.1, -0.05) is 24.3 Å². The smallest absolute Gasteiger partial charge is 0.244 e. The van der Waals surface area contributed by atoms with Gasteiger partial charge >= 0.3 is 0 Å².